The van der Waals surface area contributed by atoms with Crippen molar-refractivity contribution < 1.29 is 3.84 Å². The average molecular weight is 101 g/mol. The van der Waals surface area contributed by atoms with Crippen LogP contribution in [0.25, 0.3) is 0 Å². The lowest BCUT2D eigenvalue weighted by molar-refractivity contribution is 0.697. The Labute approximate surface area is 34.6 Å². The van der Waals surface area contributed by atoms with Crippen LogP contribution in [0, 0.1) is 0 Å². The van der Waals surface area contributed by atoms with Crippen molar-refractivity contribution in [3.8, 4) is 0 Å². The van der Waals surface area contributed by atoms with E-state index in [2.05, 4.69) is 27.6 Å². The molecule has 0 heterocycles. The first-order chi connectivity index (χ1) is 1.41. The molecule has 0 rings (SSSR count). The van der Waals surface area contributed by atoms with E-state index in [0.717, 1.165) is 0 Å². The van der Waals surface area contributed by atoms with Crippen molar-refractivity contribution in [1.82, 2.24) is 6.15 Å². The third kappa shape index (κ3) is 22.5. The predicted octanol–water partition coefficient (Wildman–Crippen LogP) is 0.830. The minimum Gasteiger partial charge on any atom is -0.166 e. The van der Waals surface area contributed by atoms with Crippen LogP contribution in [0.15, 0.2) is 0 Å². The van der Waals surface area contributed by atoms with Gasteiger partial charge in [0.2, 0.25) is 0 Å². The Morgan fingerprint density at radius 3 is 1.25 bits per heavy atom. The summed E-state index contributed by atoms with van der Waals surface area (Å²) >= 11 is 8.53. The van der Waals surface area contributed by atoms with Crippen molar-refractivity contribution >= 4 is 23.7 Å². The summed E-state index contributed by atoms with van der Waals surface area (Å²) in [5.41, 5.74) is 0. The van der Waals surface area contributed by atoms with Gasteiger partial charge in [-0.1, -0.05) is 0 Å². The molecule has 0 aliphatic heterocycles. The molecule has 2 nitrogen and oxygen atoms in total. The molecule has 0 atom stereocenters. The van der Waals surface area contributed by atoms with Crippen LogP contribution in [-0.4, -0.2) is 0 Å². The van der Waals surface area contributed by atoms with Crippen LogP contribution in [0.2, 0.25) is 0 Å². The molecule has 0 unspecified atom stereocenters. The smallest absolute Gasteiger partial charge is 0.0832 e. The van der Waals surface area contributed by atoms with Gasteiger partial charge in [-0.3, -0.25) is 0 Å². The van der Waals surface area contributed by atoms with Crippen molar-refractivity contribution in [3.05, 3.63) is 0 Å². The maximum absolute atomic E-state index is 4.26. The second-order valence-corrected chi connectivity index (χ2v) is 0.525. The van der Waals surface area contributed by atoms with E-state index in [0.29, 0.717) is 0 Å². The van der Waals surface area contributed by atoms with Crippen LogP contribution in [-0.2, 0) is 3.84 Å². The highest BCUT2D eigenvalue weighted by Gasteiger charge is 1.38. The number of halogens is 2. The second kappa shape index (κ2) is 9.72. The normalized spacial score (nSPS) is 4.50. The number of hydrogen-bond acceptors (Lipinski definition) is 1. The first-order valence-electron chi connectivity index (χ1n) is 0.309. The average Bonchev–Trinajstić information content (AvgIpc) is 0.918. The van der Waals surface area contributed by atoms with Crippen LogP contribution < -0.4 is 6.15 Å². The minimum atomic E-state index is 0. The van der Waals surface area contributed by atoms with E-state index < -0.39 is 0 Å². The largest absolute Gasteiger partial charge is 0.166 e. The Balaban J connectivity index is 0. The third-order valence-electron chi connectivity index (χ3n) is 0. The monoisotopic (exact) mass is 99.9 g/mol. The highest BCUT2D eigenvalue weighted by Crippen LogP contribution is 1.78. The van der Waals surface area contributed by atoms with Crippen LogP contribution in [0.4, 0.5) is 0 Å². The Hall–Kier alpha value is 0.500. The van der Waals surface area contributed by atoms with Crippen molar-refractivity contribution in [2.75, 3.05) is 0 Å². The lowest BCUT2D eigenvalue weighted by Crippen LogP contribution is -1.15. The fraction of sp³-hybridized carbons (Fsp3) is 0. The van der Waals surface area contributed by atoms with E-state index in [1.807, 2.05) is 0 Å². The van der Waals surface area contributed by atoms with Crippen molar-refractivity contribution in [2.24, 2.45) is 0 Å². The molecule has 0 aliphatic rings. The molecular weight excluding hydrogens is 101 g/mol. The van der Waals surface area contributed by atoms with Crippen molar-refractivity contribution in [2.45, 2.75) is 0 Å². The molecule has 0 aromatic rings. The number of rotatable bonds is 0. The highest BCUT2D eigenvalue weighted by atomic mass is 35.6. The molecule has 0 saturated carbocycles. The minimum absolute atomic E-state index is 0. The van der Waals surface area contributed by atoms with Gasteiger partial charge in [0.25, 0.3) is 0 Å². The standard InChI is InChI=1S/Cl2O.N/c1-3-2;. The summed E-state index contributed by atoms with van der Waals surface area (Å²) < 4.78 is 3.19. The summed E-state index contributed by atoms with van der Waals surface area (Å²) in [5, 5.41) is 0. The van der Waals surface area contributed by atoms with Gasteiger partial charge in [-0.2, -0.15) is 3.84 Å². The lowest BCUT2D eigenvalue weighted by Gasteiger charge is -1.46. The molecule has 25 valence electrons. The first-order valence-corrected chi connectivity index (χ1v) is 0.926. The molecule has 3 radical (unpaired) electrons. The molecule has 0 bridgehead atoms. The molecule has 0 spiro atoms. The Bertz CT molecular complexity index is 6.00. The maximum atomic E-state index is 4.26. The summed E-state index contributed by atoms with van der Waals surface area (Å²) in [6.45, 7) is 0. The Morgan fingerprint density at radius 1 is 1.25 bits per heavy atom. The molecule has 0 fully saturated rings. The van der Waals surface area contributed by atoms with Crippen LogP contribution >= 0.6 is 23.7 Å². The van der Waals surface area contributed by atoms with Crippen molar-refractivity contribution in [1.29, 1.82) is 0 Å². The van der Waals surface area contributed by atoms with Crippen LogP contribution in [0.5, 0.6) is 0 Å². The van der Waals surface area contributed by atoms with E-state index in [-0.39, 0.29) is 6.15 Å². The number of nitrogens with zero attached hydrogens (tertiary/aromatic N) is 1. The SMILES string of the molecule is ClOCl.[N]. The topological polar surface area (TPSA) is 39.7 Å². The first kappa shape index (κ1) is 8.82. The molecule has 4 heavy (non-hydrogen) atoms. The highest BCUT2D eigenvalue weighted by molar-refractivity contribution is 6.24. The van der Waals surface area contributed by atoms with Gasteiger partial charge in [0.1, 0.15) is 0 Å². The van der Waals surface area contributed by atoms with E-state index >= 15 is 0 Å². The van der Waals surface area contributed by atoms with E-state index in [4.69, 9.17) is 0 Å². The van der Waals surface area contributed by atoms with E-state index in [1.54, 1.807) is 0 Å². The molecule has 0 aromatic carbocycles. The fourth-order valence-corrected chi connectivity index (χ4v) is 0. The van der Waals surface area contributed by atoms with Crippen LogP contribution in [0.1, 0.15) is 0 Å². The summed E-state index contributed by atoms with van der Waals surface area (Å²) in [5.74, 6) is 0. The van der Waals surface area contributed by atoms with Gasteiger partial charge < -0.3 is 0 Å². The fourth-order valence-electron chi connectivity index (χ4n) is 0. The summed E-state index contributed by atoms with van der Waals surface area (Å²) in [6.07, 6.45) is 0. The summed E-state index contributed by atoms with van der Waals surface area (Å²) in [7, 11) is 0. The summed E-state index contributed by atoms with van der Waals surface area (Å²) in [4.78, 5) is 0. The quantitative estimate of drug-likeness (QED) is 0.445. The summed E-state index contributed by atoms with van der Waals surface area (Å²) in [6, 6.07) is 0. The Kier molecular flexibility index (Phi) is 21.4. The molecule has 0 N–H and O–H groups in total. The molecule has 0 amide bonds. The lowest BCUT2D eigenvalue weighted by atomic mass is 14.0. The Morgan fingerprint density at radius 2 is 1.25 bits per heavy atom. The zero-order chi connectivity index (χ0) is 2.71. The maximum Gasteiger partial charge on any atom is 0.0832 e. The molecule has 0 aliphatic carbocycles. The third-order valence-corrected chi connectivity index (χ3v) is 0. The van der Waals surface area contributed by atoms with Gasteiger partial charge in [0.05, 0.1) is 23.7 Å². The number of hydrogen-bond donors (Lipinski definition) is 0. The zero-order valence-electron chi connectivity index (χ0n) is 1.61. The molecule has 0 saturated heterocycles. The van der Waals surface area contributed by atoms with Gasteiger partial charge in [-0.25, -0.2) is 0 Å². The van der Waals surface area contributed by atoms with Gasteiger partial charge >= 0.3 is 0 Å². The van der Waals surface area contributed by atoms with E-state index in [1.165, 1.54) is 0 Å². The van der Waals surface area contributed by atoms with Gasteiger partial charge in [0, 0.05) is 6.15 Å². The zero-order valence-corrected chi connectivity index (χ0v) is 3.12. The predicted molar refractivity (Wildman–Crippen MR) is 14.9 cm³/mol. The molecule has 0 aromatic heterocycles. The van der Waals surface area contributed by atoms with Gasteiger partial charge in [-0.05, 0) is 0 Å². The van der Waals surface area contributed by atoms with Gasteiger partial charge in [0.15, 0.2) is 0 Å². The molecular formula is Cl2NO. The molecule has 4 heteroatoms. The van der Waals surface area contributed by atoms with Crippen LogP contribution in [0.3, 0.4) is 0 Å². The second-order valence-electron chi connectivity index (χ2n) is 0.0583. The van der Waals surface area contributed by atoms with E-state index in [9.17, 15) is 0 Å². The van der Waals surface area contributed by atoms with Crippen molar-refractivity contribution in [3.63, 3.8) is 0 Å². The van der Waals surface area contributed by atoms with Gasteiger partial charge in [-0.15, -0.1) is 0 Å².